The average Bonchev–Trinajstić information content (AvgIpc) is 2.52. The molecular weight excluding hydrogens is 414 g/mol. The van der Waals surface area contributed by atoms with Gasteiger partial charge in [0.15, 0.2) is 0 Å². The topological polar surface area (TPSA) is 81.5 Å². The lowest BCUT2D eigenvalue weighted by molar-refractivity contribution is -0.384. The molecule has 0 saturated heterocycles. The highest BCUT2D eigenvalue weighted by Gasteiger charge is 2.37. The van der Waals surface area contributed by atoms with Crippen LogP contribution in [0.5, 0.6) is 5.75 Å². The van der Waals surface area contributed by atoms with Crippen LogP contribution in [0.4, 0.5) is 10.5 Å². The van der Waals surface area contributed by atoms with Crippen molar-refractivity contribution >= 4 is 58.2 Å². The van der Waals surface area contributed by atoms with Crippen molar-refractivity contribution in [1.82, 2.24) is 5.32 Å². The second-order valence-electron chi connectivity index (χ2n) is 4.78. The minimum Gasteiger partial charge on any atom is -0.410 e. The van der Waals surface area contributed by atoms with E-state index in [1.807, 2.05) is 0 Å². The quantitative estimate of drug-likeness (QED) is 0.402. The molecule has 1 amide bonds. The molecule has 25 heavy (non-hydrogen) atoms. The molecule has 1 N–H and O–H groups in total. The van der Waals surface area contributed by atoms with Gasteiger partial charge in [0.2, 0.25) is 3.79 Å². The standard InChI is InChI=1S/C15H10Cl4N2O4/c16-12-7-2-1-6-11(12)13(15(17,18)19)20-14(22)25-10-5-3-4-9(8-10)21(23)24/h1-8,13H,(H,20,22). The van der Waals surface area contributed by atoms with Gasteiger partial charge >= 0.3 is 6.09 Å². The molecule has 0 aliphatic rings. The molecule has 0 fully saturated rings. The summed E-state index contributed by atoms with van der Waals surface area (Å²) in [6.07, 6.45) is -0.961. The van der Waals surface area contributed by atoms with Crippen molar-refractivity contribution in [3.05, 3.63) is 69.2 Å². The Morgan fingerprint density at radius 2 is 1.84 bits per heavy atom. The van der Waals surface area contributed by atoms with Gasteiger partial charge in [-0.05, 0) is 17.7 Å². The van der Waals surface area contributed by atoms with E-state index < -0.39 is 20.9 Å². The largest absolute Gasteiger partial charge is 0.413 e. The first-order valence-electron chi connectivity index (χ1n) is 6.72. The normalized spacial score (nSPS) is 12.3. The number of carbonyl (C=O) groups is 1. The van der Waals surface area contributed by atoms with Gasteiger partial charge < -0.3 is 10.1 Å². The SMILES string of the molecule is O=C(NC(c1ccccc1Cl)C(Cl)(Cl)Cl)Oc1cccc([N+](=O)[O-])c1. The van der Waals surface area contributed by atoms with E-state index in [2.05, 4.69) is 5.32 Å². The van der Waals surface area contributed by atoms with E-state index in [4.69, 9.17) is 51.1 Å². The van der Waals surface area contributed by atoms with Crippen LogP contribution in [0.2, 0.25) is 5.02 Å². The Balaban J connectivity index is 2.20. The van der Waals surface area contributed by atoms with Gasteiger partial charge in [0.05, 0.1) is 11.0 Å². The zero-order valence-corrected chi connectivity index (χ0v) is 15.3. The molecular formula is C15H10Cl4N2O4. The monoisotopic (exact) mass is 422 g/mol. The van der Waals surface area contributed by atoms with Crippen LogP contribution in [-0.2, 0) is 0 Å². The van der Waals surface area contributed by atoms with Crippen molar-refractivity contribution < 1.29 is 14.5 Å². The summed E-state index contributed by atoms with van der Waals surface area (Å²) in [4.78, 5) is 22.3. The van der Waals surface area contributed by atoms with Crippen LogP contribution < -0.4 is 10.1 Å². The predicted octanol–water partition coefficient (Wildman–Crippen LogP) is 5.45. The number of nitrogens with zero attached hydrogens (tertiary/aromatic N) is 1. The van der Waals surface area contributed by atoms with Crippen LogP contribution in [0.15, 0.2) is 48.5 Å². The first kappa shape index (κ1) is 19.6. The number of nitrogens with one attached hydrogen (secondary N) is 1. The number of non-ortho nitro benzene ring substituents is 1. The fraction of sp³-hybridized carbons (Fsp3) is 0.133. The number of carbonyl (C=O) groups excluding carboxylic acids is 1. The van der Waals surface area contributed by atoms with Gasteiger partial charge in [-0.2, -0.15) is 0 Å². The van der Waals surface area contributed by atoms with Gasteiger partial charge in [-0.1, -0.05) is 70.7 Å². The summed E-state index contributed by atoms with van der Waals surface area (Å²) >= 11 is 23.9. The molecule has 0 aromatic heterocycles. The lowest BCUT2D eigenvalue weighted by Gasteiger charge is -2.26. The van der Waals surface area contributed by atoms with E-state index in [0.29, 0.717) is 5.56 Å². The number of hydrogen-bond donors (Lipinski definition) is 1. The smallest absolute Gasteiger partial charge is 0.410 e. The minimum atomic E-state index is -1.91. The first-order chi connectivity index (χ1) is 11.7. The molecule has 1 atom stereocenters. The molecule has 0 aliphatic heterocycles. The van der Waals surface area contributed by atoms with Crippen LogP contribution in [0, 0.1) is 10.1 Å². The molecule has 1 unspecified atom stereocenters. The molecule has 6 nitrogen and oxygen atoms in total. The van der Waals surface area contributed by atoms with E-state index in [0.717, 1.165) is 6.07 Å². The zero-order valence-electron chi connectivity index (χ0n) is 12.3. The summed E-state index contributed by atoms with van der Waals surface area (Å²) in [6, 6.07) is 10.5. The van der Waals surface area contributed by atoms with E-state index in [1.54, 1.807) is 24.3 Å². The van der Waals surface area contributed by atoms with Crippen molar-refractivity contribution in [2.24, 2.45) is 0 Å². The highest BCUT2D eigenvalue weighted by atomic mass is 35.6. The molecule has 2 aromatic carbocycles. The summed E-state index contributed by atoms with van der Waals surface area (Å²) in [6.45, 7) is 0. The van der Waals surface area contributed by atoms with Gasteiger partial charge in [0.25, 0.3) is 5.69 Å². The van der Waals surface area contributed by atoms with Crippen molar-refractivity contribution in [3.8, 4) is 5.75 Å². The Kier molecular flexibility index (Phi) is 6.35. The van der Waals surface area contributed by atoms with Gasteiger partial charge in [-0.3, -0.25) is 10.1 Å². The van der Waals surface area contributed by atoms with Crippen LogP contribution in [0.1, 0.15) is 11.6 Å². The van der Waals surface area contributed by atoms with Crippen molar-refractivity contribution in [2.75, 3.05) is 0 Å². The molecule has 2 rings (SSSR count). The maximum atomic E-state index is 12.1. The summed E-state index contributed by atoms with van der Waals surface area (Å²) in [5.74, 6) is -0.0334. The molecule has 0 heterocycles. The molecule has 0 bridgehead atoms. The molecule has 0 saturated carbocycles. The number of ether oxygens (including phenoxy) is 1. The number of benzene rings is 2. The third-order valence-corrected chi connectivity index (χ3v) is 4.04. The number of nitro groups is 1. The second kappa shape index (κ2) is 8.10. The molecule has 0 radical (unpaired) electrons. The summed E-state index contributed by atoms with van der Waals surface area (Å²) in [5.41, 5.74) is 0.148. The Morgan fingerprint density at radius 3 is 2.44 bits per heavy atom. The highest BCUT2D eigenvalue weighted by Crippen LogP contribution is 2.42. The third-order valence-electron chi connectivity index (χ3n) is 3.04. The van der Waals surface area contributed by atoms with Crippen LogP contribution in [0.25, 0.3) is 0 Å². The Labute approximate surface area is 162 Å². The number of alkyl halides is 3. The van der Waals surface area contributed by atoms with Crippen LogP contribution >= 0.6 is 46.4 Å². The second-order valence-corrected chi connectivity index (χ2v) is 7.56. The van der Waals surface area contributed by atoms with E-state index in [9.17, 15) is 14.9 Å². The molecule has 0 aliphatic carbocycles. The van der Waals surface area contributed by atoms with E-state index in [1.165, 1.54) is 18.2 Å². The Bertz CT molecular complexity index is 795. The fourth-order valence-corrected chi connectivity index (χ4v) is 2.72. The van der Waals surface area contributed by atoms with Crippen molar-refractivity contribution in [3.63, 3.8) is 0 Å². The molecule has 0 spiro atoms. The fourth-order valence-electron chi connectivity index (χ4n) is 1.96. The number of rotatable bonds is 4. The lowest BCUT2D eigenvalue weighted by atomic mass is 10.1. The molecule has 132 valence electrons. The molecule has 10 heteroatoms. The highest BCUT2D eigenvalue weighted by molar-refractivity contribution is 6.68. The van der Waals surface area contributed by atoms with Gasteiger partial charge in [0, 0.05) is 11.1 Å². The van der Waals surface area contributed by atoms with E-state index in [-0.39, 0.29) is 16.5 Å². The number of halogens is 4. The lowest BCUT2D eigenvalue weighted by Crippen LogP contribution is -2.38. The van der Waals surface area contributed by atoms with Crippen molar-refractivity contribution in [1.29, 1.82) is 0 Å². The van der Waals surface area contributed by atoms with Crippen LogP contribution in [-0.4, -0.2) is 14.8 Å². The maximum absolute atomic E-state index is 12.1. The number of amides is 1. The average molecular weight is 424 g/mol. The summed E-state index contributed by atoms with van der Waals surface area (Å²) in [5, 5.41) is 13.4. The Hall–Kier alpha value is -1.73. The first-order valence-corrected chi connectivity index (χ1v) is 8.23. The minimum absolute atomic E-state index is 0.0334. The van der Waals surface area contributed by atoms with Gasteiger partial charge in [-0.25, -0.2) is 4.79 Å². The predicted molar refractivity (Wildman–Crippen MR) is 96.7 cm³/mol. The van der Waals surface area contributed by atoms with Crippen molar-refractivity contribution in [2.45, 2.75) is 9.83 Å². The van der Waals surface area contributed by atoms with Gasteiger partial charge in [0.1, 0.15) is 11.8 Å². The Morgan fingerprint density at radius 1 is 1.16 bits per heavy atom. The summed E-state index contributed by atoms with van der Waals surface area (Å²) < 4.78 is 3.11. The molecule has 2 aromatic rings. The van der Waals surface area contributed by atoms with Gasteiger partial charge in [-0.15, -0.1) is 0 Å². The zero-order chi connectivity index (χ0) is 18.6. The number of hydrogen-bond acceptors (Lipinski definition) is 4. The summed E-state index contributed by atoms with van der Waals surface area (Å²) in [7, 11) is 0. The van der Waals surface area contributed by atoms with Crippen LogP contribution in [0.3, 0.4) is 0 Å². The third kappa shape index (κ3) is 5.37. The van der Waals surface area contributed by atoms with E-state index >= 15 is 0 Å². The number of nitro benzene ring substituents is 1. The maximum Gasteiger partial charge on any atom is 0.413 e.